The van der Waals surface area contributed by atoms with E-state index in [0.29, 0.717) is 18.7 Å². The smallest absolute Gasteiger partial charge is 0.0975 e. The molecule has 0 amide bonds. The van der Waals surface area contributed by atoms with Gasteiger partial charge in [-0.1, -0.05) is 24.0 Å². The van der Waals surface area contributed by atoms with Crippen LogP contribution in [0.3, 0.4) is 0 Å². The zero-order valence-electron chi connectivity index (χ0n) is 13.9. The van der Waals surface area contributed by atoms with E-state index in [1.54, 1.807) is 6.08 Å². The minimum Gasteiger partial charge on any atom is -0.394 e. The number of β-amino-alcohol motifs (C(OH)–C–C–N with tert-alkyl or cyclic N) is 1. The van der Waals surface area contributed by atoms with E-state index in [0.717, 1.165) is 11.3 Å². The molecule has 0 aliphatic carbocycles. The molecule has 24 heavy (non-hydrogen) atoms. The first-order valence-corrected chi connectivity index (χ1v) is 7.79. The minimum absolute atomic E-state index is 0.287. The Hall–Kier alpha value is -2.35. The Morgan fingerprint density at radius 3 is 2.96 bits per heavy atom. The maximum absolute atomic E-state index is 9.59. The van der Waals surface area contributed by atoms with Crippen molar-refractivity contribution in [3.05, 3.63) is 65.2 Å². The first-order chi connectivity index (χ1) is 11.5. The Labute approximate surface area is 142 Å². The van der Waals surface area contributed by atoms with Crippen molar-refractivity contribution in [3.63, 3.8) is 0 Å². The number of rotatable bonds is 5. The van der Waals surface area contributed by atoms with Crippen molar-refractivity contribution in [2.24, 2.45) is 0 Å². The second kappa shape index (κ2) is 7.96. The van der Waals surface area contributed by atoms with Gasteiger partial charge in [0.05, 0.1) is 48.8 Å². The molecule has 2 N–H and O–H groups in total. The molecule has 0 aromatic rings. The second-order valence-electron chi connectivity index (χ2n) is 6.05. The molecular formula is C19H22N2O3. The topological polar surface area (TPSA) is 76.7 Å². The molecule has 2 aliphatic rings. The van der Waals surface area contributed by atoms with Crippen molar-refractivity contribution in [1.29, 1.82) is 5.26 Å². The molecule has 0 saturated heterocycles. The summed E-state index contributed by atoms with van der Waals surface area (Å²) in [7, 11) is 0. The molecule has 0 radical (unpaired) electrons. The van der Waals surface area contributed by atoms with Crippen LogP contribution in [-0.4, -0.2) is 46.6 Å². The van der Waals surface area contributed by atoms with E-state index in [2.05, 4.69) is 11.8 Å². The van der Waals surface area contributed by atoms with Crippen LogP contribution in [0.5, 0.6) is 0 Å². The molecule has 0 aromatic carbocycles. The first kappa shape index (κ1) is 18.0. The van der Waals surface area contributed by atoms with Gasteiger partial charge in [-0.3, -0.25) is 0 Å². The summed E-state index contributed by atoms with van der Waals surface area (Å²) in [5.74, 6) is 0. The zero-order chi connectivity index (χ0) is 17.6. The zero-order valence-corrected chi connectivity index (χ0v) is 13.9. The molecule has 2 rings (SSSR count). The fourth-order valence-electron chi connectivity index (χ4n) is 2.49. The summed E-state index contributed by atoms with van der Waals surface area (Å²) >= 11 is 0. The average Bonchev–Trinajstić information content (AvgIpc) is 2.87. The normalized spacial score (nSPS) is 20.5. The number of nitrogens with zero attached hydrogens (tertiary/aromatic N) is 2. The maximum atomic E-state index is 9.59. The van der Waals surface area contributed by atoms with Crippen molar-refractivity contribution < 1.29 is 14.9 Å². The predicted molar refractivity (Wildman–Crippen MR) is 91.5 cm³/mol. The Kier molecular flexibility index (Phi) is 5.97. The number of allylic oxidation sites excluding steroid dienone is 4. The lowest BCUT2D eigenvalue weighted by Crippen LogP contribution is -2.30. The van der Waals surface area contributed by atoms with Gasteiger partial charge in [0.1, 0.15) is 0 Å². The van der Waals surface area contributed by atoms with E-state index in [1.165, 1.54) is 0 Å². The maximum Gasteiger partial charge on any atom is 0.0975 e. The van der Waals surface area contributed by atoms with Gasteiger partial charge in [-0.15, -0.1) is 0 Å². The van der Waals surface area contributed by atoms with Gasteiger partial charge in [0.2, 0.25) is 0 Å². The first-order valence-electron chi connectivity index (χ1n) is 7.79. The second-order valence-corrected chi connectivity index (χ2v) is 6.05. The van der Waals surface area contributed by atoms with Gasteiger partial charge in [0.15, 0.2) is 0 Å². The Balaban J connectivity index is 2.16. The molecule has 0 fully saturated rings. The quantitative estimate of drug-likeness (QED) is 0.596. The highest BCUT2D eigenvalue weighted by atomic mass is 16.5. The highest BCUT2D eigenvalue weighted by Crippen LogP contribution is 2.31. The Morgan fingerprint density at radius 1 is 1.46 bits per heavy atom. The van der Waals surface area contributed by atoms with Crippen molar-refractivity contribution >= 4 is 0 Å². The molecule has 0 aromatic heterocycles. The third kappa shape index (κ3) is 4.35. The van der Waals surface area contributed by atoms with Gasteiger partial charge in [-0.25, -0.2) is 0 Å². The van der Waals surface area contributed by atoms with Crippen LogP contribution in [0.15, 0.2) is 65.2 Å². The lowest BCUT2D eigenvalue weighted by Gasteiger charge is -2.24. The number of hydrogen-bond donors (Lipinski definition) is 2. The van der Waals surface area contributed by atoms with E-state index in [4.69, 9.17) is 15.1 Å². The van der Waals surface area contributed by atoms with Crippen molar-refractivity contribution in [3.8, 4) is 6.07 Å². The van der Waals surface area contributed by atoms with E-state index < -0.39 is 11.7 Å². The van der Waals surface area contributed by atoms with Crippen LogP contribution in [0.4, 0.5) is 0 Å². The summed E-state index contributed by atoms with van der Waals surface area (Å²) in [5.41, 5.74) is 4.98. The van der Waals surface area contributed by atoms with Crippen LogP contribution in [0.2, 0.25) is 0 Å². The van der Waals surface area contributed by atoms with Gasteiger partial charge < -0.3 is 19.8 Å². The number of aliphatic hydroxyl groups is 2. The summed E-state index contributed by atoms with van der Waals surface area (Å²) in [4.78, 5) is 1.81. The highest BCUT2D eigenvalue weighted by Gasteiger charge is 2.31. The standard InChI is InChI=1S/C19H22N2O3/c1-19(2)18(15(11-20)14-24-19)9-4-3-7-16-8-5-6-10-21(16)12-17(23)13-22/h3-6,8-10,17,22-23H,12-14H2,1-2H3. The third-order valence-electron chi connectivity index (χ3n) is 3.84. The van der Waals surface area contributed by atoms with Crippen molar-refractivity contribution in [2.45, 2.75) is 25.6 Å². The van der Waals surface area contributed by atoms with Gasteiger partial charge >= 0.3 is 0 Å². The molecule has 126 valence electrons. The lowest BCUT2D eigenvalue weighted by atomic mass is 9.96. The molecular weight excluding hydrogens is 304 g/mol. The van der Waals surface area contributed by atoms with E-state index in [-0.39, 0.29) is 6.61 Å². The summed E-state index contributed by atoms with van der Waals surface area (Å²) in [6.07, 6.45) is 12.1. The molecule has 5 nitrogen and oxygen atoms in total. The summed E-state index contributed by atoms with van der Waals surface area (Å²) in [6, 6.07) is 2.18. The molecule has 0 bridgehead atoms. The highest BCUT2D eigenvalue weighted by molar-refractivity contribution is 5.44. The van der Waals surface area contributed by atoms with Gasteiger partial charge in [-0.2, -0.15) is 5.26 Å². The van der Waals surface area contributed by atoms with Gasteiger partial charge in [0.25, 0.3) is 0 Å². The third-order valence-corrected chi connectivity index (χ3v) is 3.84. The molecule has 0 saturated carbocycles. The van der Waals surface area contributed by atoms with Gasteiger partial charge in [-0.05, 0) is 37.6 Å². The predicted octanol–water partition coefficient (Wildman–Crippen LogP) is 1.95. The van der Waals surface area contributed by atoms with Crippen LogP contribution in [0.25, 0.3) is 0 Å². The summed E-state index contributed by atoms with van der Waals surface area (Å²) in [5, 5.41) is 27.7. The SMILES string of the molecule is CC1(C)OCC(C#N)=C1C=CC=C=C1C=CC=CN1CC(O)CO. The fourth-order valence-corrected chi connectivity index (χ4v) is 2.49. The van der Waals surface area contributed by atoms with E-state index in [9.17, 15) is 5.11 Å². The minimum atomic E-state index is -0.812. The van der Waals surface area contributed by atoms with Crippen molar-refractivity contribution in [1.82, 2.24) is 4.90 Å². The molecule has 2 heterocycles. The van der Waals surface area contributed by atoms with E-state index in [1.807, 2.05) is 55.3 Å². The molecule has 5 heteroatoms. The van der Waals surface area contributed by atoms with Crippen molar-refractivity contribution in [2.75, 3.05) is 19.8 Å². The lowest BCUT2D eigenvalue weighted by molar-refractivity contribution is 0.0511. The molecule has 2 aliphatic heterocycles. The van der Waals surface area contributed by atoms with Gasteiger partial charge in [0, 0.05) is 6.20 Å². The Morgan fingerprint density at radius 2 is 2.25 bits per heavy atom. The van der Waals surface area contributed by atoms with Crippen LogP contribution in [0, 0.1) is 11.3 Å². The van der Waals surface area contributed by atoms with Crippen LogP contribution in [0.1, 0.15) is 13.8 Å². The fraction of sp³-hybridized carbons (Fsp3) is 0.368. The molecule has 0 spiro atoms. The van der Waals surface area contributed by atoms with Crippen LogP contribution < -0.4 is 0 Å². The number of aliphatic hydroxyl groups excluding tert-OH is 2. The van der Waals surface area contributed by atoms with E-state index >= 15 is 0 Å². The van der Waals surface area contributed by atoms with Crippen LogP contribution in [-0.2, 0) is 4.74 Å². The largest absolute Gasteiger partial charge is 0.394 e. The summed E-state index contributed by atoms with van der Waals surface area (Å²) in [6.45, 7) is 4.22. The average molecular weight is 326 g/mol. The number of ether oxygens (including phenoxy) is 1. The Bertz CT molecular complexity index is 699. The monoisotopic (exact) mass is 326 g/mol. The summed E-state index contributed by atoms with van der Waals surface area (Å²) < 4.78 is 5.61. The molecule has 1 unspecified atom stereocenters. The number of nitriles is 1. The number of hydrogen-bond acceptors (Lipinski definition) is 5. The molecule has 1 atom stereocenters. The van der Waals surface area contributed by atoms with Crippen LogP contribution >= 0.6 is 0 Å².